The van der Waals surface area contributed by atoms with E-state index in [4.69, 9.17) is 21.1 Å². The van der Waals surface area contributed by atoms with E-state index in [0.717, 1.165) is 18.4 Å². The highest BCUT2D eigenvalue weighted by molar-refractivity contribution is 6.31. The minimum Gasteiger partial charge on any atom is -0.496 e. The largest absolute Gasteiger partial charge is 0.496 e. The van der Waals surface area contributed by atoms with E-state index in [1.54, 1.807) is 30.3 Å². The standard InChI is InChI=1S/C23H28ClNO5/c1-5-6-17(25-21(26)19-14-16(24)9-12-20(19)29-4)13-15-7-10-18(11-8-15)30-23(2,3)22(27)28/h7-12,14,17H,5-6,13H2,1-4H3,(H,25,26)(H,27,28). The summed E-state index contributed by atoms with van der Waals surface area (Å²) in [5.74, 6) is -0.328. The molecule has 162 valence electrons. The molecule has 1 amide bonds. The summed E-state index contributed by atoms with van der Waals surface area (Å²) in [5.41, 5.74) is 0.0917. The highest BCUT2D eigenvalue weighted by Crippen LogP contribution is 2.24. The van der Waals surface area contributed by atoms with Crippen LogP contribution in [0.25, 0.3) is 0 Å². The second-order valence-corrected chi connectivity index (χ2v) is 8.01. The van der Waals surface area contributed by atoms with Crippen molar-refractivity contribution in [1.29, 1.82) is 0 Å². The van der Waals surface area contributed by atoms with Crippen molar-refractivity contribution in [1.82, 2.24) is 5.32 Å². The molecule has 0 aliphatic rings. The van der Waals surface area contributed by atoms with Crippen LogP contribution in [-0.2, 0) is 11.2 Å². The van der Waals surface area contributed by atoms with E-state index in [9.17, 15) is 14.7 Å². The molecule has 0 aliphatic heterocycles. The smallest absolute Gasteiger partial charge is 0.347 e. The normalized spacial score (nSPS) is 12.2. The van der Waals surface area contributed by atoms with Crippen LogP contribution in [0.4, 0.5) is 0 Å². The fourth-order valence-corrected chi connectivity index (χ4v) is 3.18. The SMILES string of the molecule is CCCC(Cc1ccc(OC(C)(C)C(=O)O)cc1)NC(=O)c1cc(Cl)ccc1OC. The van der Waals surface area contributed by atoms with Crippen molar-refractivity contribution in [2.45, 2.75) is 51.7 Å². The molecule has 0 heterocycles. The van der Waals surface area contributed by atoms with Crippen LogP contribution in [0, 0.1) is 0 Å². The number of carbonyl (C=O) groups excluding carboxylic acids is 1. The van der Waals surface area contributed by atoms with Gasteiger partial charge in [0.1, 0.15) is 11.5 Å². The van der Waals surface area contributed by atoms with Crippen LogP contribution in [0.1, 0.15) is 49.5 Å². The Morgan fingerprint density at radius 3 is 2.40 bits per heavy atom. The summed E-state index contributed by atoms with van der Waals surface area (Å²) in [6.45, 7) is 5.06. The minimum absolute atomic E-state index is 0.0755. The van der Waals surface area contributed by atoms with Gasteiger partial charge in [0.05, 0.1) is 12.7 Å². The second kappa shape index (κ2) is 10.3. The first-order valence-electron chi connectivity index (χ1n) is 9.82. The Hall–Kier alpha value is -2.73. The summed E-state index contributed by atoms with van der Waals surface area (Å²) in [6, 6.07) is 12.1. The van der Waals surface area contributed by atoms with Crippen LogP contribution < -0.4 is 14.8 Å². The van der Waals surface area contributed by atoms with Crippen LogP contribution in [0.3, 0.4) is 0 Å². The maximum Gasteiger partial charge on any atom is 0.347 e. The average molecular weight is 434 g/mol. The van der Waals surface area contributed by atoms with Crippen LogP contribution in [0.15, 0.2) is 42.5 Å². The molecule has 2 N–H and O–H groups in total. The van der Waals surface area contributed by atoms with Crippen molar-refractivity contribution in [2.75, 3.05) is 7.11 Å². The first kappa shape index (κ1) is 23.5. The molecule has 0 aromatic heterocycles. The van der Waals surface area contributed by atoms with Crippen molar-refractivity contribution in [3.63, 3.8) is 0 Å². The van der Waals surface area contributed by atoms with Crippen LogP contribution in [0.5, 0.6) is 11.5 Å². The Morgan fingerprint density at radius 1 is 1.17 bits per heavy atom. The lowest BCUT2D eigenvalue weighted by molar-refractivity contribution is -0.152. The number of carboxylic acid groups (broad SMARTS) is 1. The molecular weight excluding hydrogens is 406 g/mol. The zero-order valence-corrected chi connectivity index (χ0v) is 18.5. The summed E-state index contributed by atoms with van der Waals surface area (Å²) >= 11 is 6.04. The fourth-order valence-electron chi connectivity index (χ4n) is 3.01. The van der Waals surface area contributed by atoms with Gasteiger partial charge in [-0.05, 0) is 62.6 Å². The third-order valence-corrected chi connectivity index (χ3v) is 4.91. The molecule has 0 fully saturated rings. The summed E-state index contributed by atoms with van der Waals surface area (Å²) in [7, 11) is 1.51. The molecule has 7 heteroatoms. The van der Waals surface area contributed by atoms with Crippen LogP contribution in [0.2, 0.25) is 5.02 Å². The van der Waals surface area contributed by atoms with E-state index < -0.39 is 11.6 Å². The van der Waals surface area contributed by atoms with Gasteiger partial charge < -0.3 is 19.9 Å². The molecule has 0 saturated heterocycles. The van der Waals surface area contributed by atoms with E-state index in [1.165, 1.54) is 21.0 Å². The Balaban J connectivity index is 2.09. The van der Waals surface area contributed by atoms with Crippen molar-refractivity contribution in [3.8, 4) is 11.5 Å². The number of rotatable bonds is 10. The minimum atomic E-state index is -1.31. The molecule has 1 atom stereocenters. The van der Waals surface area contributed by atoms with Gasteiger partial charge in [-0.15, -0.1) is 0 Å². The van der Waals surface area contributed by atoms with Crippen LogP contribution in [-0.4, -0.2) is 35.7 Å². The predicted octanol–water partition coefficient (Wildman–Crippen LogP) is 4.73. The average Bonchev–Trinajstić information content (AvgIpc) is 2.69. The monoisotopic (exact) mass is 433 g/mol. The Labute approximate surface area is 182 Å². The van der Waals surface area contributed by atoms with Crippen molar-refractivity contribution >= 4 is 23.5 Å². The maximum atomic E-state index is 12.8. The molecular formula is C23H28ClNO5. The summed E-state index contributed by atoms with van der Waals surface area (Å²) in [5, 5.41) is 12.7. The number of amides is 1. The Morgan fingerprint density at radius 2 is 1.83 bits per heavy atom. The zero-order valence-electron chi connectivity index (χ0n) is 17.7. The van der Waals surface area contributed by atoms with Crippen molar-refractivity contribution < 1.29 is 24.2 Å². The van der Waals surface area contributed by atoms with E-state index >= 15 is 0 Å². The van der Waals surface area contributed by atoms with Crippen molar-refractivity contribution in [3.05, 3.63) is 58.6 Å². The van der Waals surface area contributed by atoms with Gasteiger partial charge in [-0.3, -0.25) is 4.79 Å². The van der Waals surface area contributed by atoms with E-state index in [-0.39, 0.29) is 11.9 Å². The third kappa shape index (κ3) is 6.39. The number of benzene rings is 2. The number of aliphatic carboxylic acids is 1. The molecule has 0 radical (unpaired) electrons. The van der Waals surface area contributed by atoms with Gasteiger partial charge in [-0.2, -0.15) is 0 Å². The lowest BCUT2D eigenvalue weighted by Gasteiger charge is -2.22. The molecule has 0 spiro atoms. The maximum absolute atomic E-state index is 12.8. The van der Waals surface area contributed by atoms with Crippen LogP contribution >= 0.6 is 11.6 Å². The summed E-state index contributed by atoms with van der Waals surface area (Å²) < 4.78 is 10.8. The quantitative estimate of drug-likeness (QED) is 0.565. The zero-order chi connectivity index (χ0) is 22.3. The van der Waals surface area contributed by atoms with Gasteiger partial charge in [0.15, 0.2) is 5.60 Å². The first-order chi connectivity index (χ1) is 14.2. The van der Waals surface area contributed by atoms with E-state index in [1.807, 2.05) is 12.1 Å². The number of hydrogen-bond acceptors (Lipinski definition) is 4. The van der Waals surface area contributed by atoms with Crippen molar-refractivity contribution in [2.24, 2.45) is 0 Å². The lowest BCUT2D eigenvalue weighted by atomic mass is 10.0. The lowest BCUT2D eigenvalue weighted by Crippen LogP contribution is -2.38. The molecule has 0 bridgehead atoms. The molecule has 2 aromatic carbocycles. The predicted molar refractivity (Wildman–Crippen MR) is 117 cm³/mol. The van der Waals surface area contributed by atoms with Gasteiger partial charge in [0, 0.05) is 11.1 Å². The molecule has 6 nitrogen and oxygen atoms in total. The highest BCUT2D eigenvalue weighted by Gasteiger charge is 2.29. The van der Waals surface area contributed by atoms with Gasteiger partial charge >= 0.3 is 5.97 Å². The second-order valence-electron chi connectivity index (χ2n) is 7.57. The number of nitrogens with one attached hydrogen (secondary N) is 1. The van der Waals surface area contributed by atoms with Gasteiger partial charge in [-0.1, -0.05) is 37.1 Å². The number of halogens is 1. The molecule has 0 aliphatic carbocycles. The number of carbonyl (C=O) groups is 2. The Bertz CT molecular complexity index is 880. The van der Waals surface area contributed by atoms with Gasteiger partial charge in [0.2, 0.25) is 0 Å². The van der Waals surface area contributed by atoms with Gasteiger partial charge in [0.25, 0.3) is 5.91 Å². The number of hydrogen-bond donors (Lipinski definition) is 2. The first-order valence-corrected chi connectivity index (χ1v) is 10.2. The molecule has 2 rings (SSSR count). The number of ether oxygens (including phenoxy) is 2. The highest BCUT2D eigenvalue weighted by atomic mass is 35.5. The molecule has 30 heavy (non-hydrogen) atoms. The molecule has 1 unspecified atom stereocenters. The number of carboxylic acids is 1. The van der Waals surface area contributed by atoms with Gasteiger partial charge in [-0.25, -0.2) is 4.79 Å². The Kier molecular flexibility index (Phi) is 8.12. The summed E-state index contributed by atoms with van der Waals surface area (Å²) in [4.78, 5) is 24.0. The summed E-state index contributed by atoms with van der Waals surface area (Å²) in [6.07, 6.45) is 2.34. The van der Waals surface area contributed by atoms with E-state index in [0.29, 0.717) is 28.5 Å². The molecule has 0 saturated carbocycles. The topological polar surface area (TPSA) is 84.9 Å². The molecule has 2 aromatic rings. The van der Waals surface area contributed by atoms with E-state index in [2.05, 4.69) is 12.2 Å². The fraction of sp³-hybridized carbons (Fsp3) is 0.391. The third-order valence-electron chi connectivity index (χ3n) is 4.67. The number of methoxy groups -OCH3 is 1.